The maximum atomic E-state index is 12.6. The Morgan fingerprint density at radius 3 is 2.70 bits per heavy atom. The van der Waals surface area contributed by atoms with Gasteiger partial charge in [-0.05, 0) is 43.9 Å². The number of hydrogen-bond donors (Lipinski definition) is 1. The van der Waals surface area contributed by atoms with E-state index in [1.54, 1.807) is 0 Å². The van der Waals surface area contributed by atoms with Crippen molar-refractivity contribution in [3.8, 4) is 0 Å². The minimum absolute atomic E-state index is 0.0402. The van der Waals surface area contributed by atoms with E-state index >= 15 is 0 Å². The molecule has 0 bridgehead atoms. The molecule has 1 aliphatic heterocycles. The van der Waals surface area contributed by atoms with Crippen LogP contribution in [-0.2, 0) is 10.0 Å². The van der Waals surface area contributed by atoms with Crippen molar-refractivity contribution in [2.45, 2.75) is 36.6 Å². The van der Waals surface area contributed by atoms with Gasteiger partial charge < -0.3 is 5.11 Å². The molecule has 20 heavy (non-hydrogen) atoms. The van der Waals surface area contributed by atoms with Crippen LogP contribution in [0.2, 0.25) is 10.0 Å². The van der Waals surface area contributed by atoms with Gasteiger partial charge in [0.2, 0.25) is 10.0 Å². The normalized spacial score (nSPS) is 20.4. The van der Waals surface area contributed by atoms with Crippen LogP contribution in [0.25, 0.3) is 0 Å². The highest BCUT2D eigenvalue weighted by molar-refractivity contribution is 7.89. The molecule has 1 N–H and O–H groups in total. The highest BCUT2D eigenvalue weighted by atomic mass is 35.5. The number of hydrogen-bond acceptors (Lipinski definition) is 3. The van der Waals surface area contributed by atoms with E-state index in [4.69, 9.17) is 28.3 Å². The molecule has 2 rings (SSSR count). The van der Waals surface area contributed by atoms with Gasteiger partial charge in [-0.1, -0.05) is 23.2 Å². The maximum Gasteiger partial charge on any atom is 0.243 e. The fraction of sp³-hybridized carbons (Fsp3) is 0.538. The van der Waals surface area contributed by atoms with Crippen LogP contribution in [0, 0.1) is 0 Å². The molecule has 1 heterocycles. The van der Waals surface area contributed by atoms with Crippen molar-refractivity contribution in [3.63, 3.8) is 0 Å². The van der Waals surface area contributed by atoms with Crippen LogP contribution >= 0.6 is 23.2 Å². The van der Waals surface area contributed by atoms with E-state index in [2.05, 4.69) is 0 Å². The number of halogens is 2. The first kappa shape index (κ1) is 16.0. The van der Waals surface area contributed by atoms with E-state index in [-0.39, 0.29) is 22.6 Å². The van der Waals surface area contributed by atoms with Gasteiger partial charge in [0, 0.05) is 19.2 Å². The third-order valence-corrected chi connectivity index (χ3v) is 6.20. The summed E-state index contributed by atoms with van der Waals surface area (Å²) in [6.07, 6.45) is 2.96. The van der Waals surface area contributed by atoms with Crippen LogP contribution in [0.1, 0.15) is 25.7 Å². The minimum atomic E-state index is -3.55. The topological polar surface area (TPSA) is 57.6 Å². The Kier molecular flexibility index (Phi) is 5.31. The Morgan fingerprint density at radius 1 is 1.30 bits per heavy atom. The molecule has 0 amide bonds. The lowest BCUT2D eigenvalue weighted by atomic mass is 10.1. The Bertz CT molecular complexity index is 577. The molecule has 1 saturated heterocycles. The quantitative estimate of drug-likeness (QED) is 0.898. The van der Waals surface area contributed by atoms with Crippen molar-refractivity contribution < 1.29 is 13.5 Å². The second-order valence-corrected chi connectivity index (χ2v) is 7.56. The Hall–Kier alpha value is -0.330. The van der Waals surface area contributed by atoms with Crippen LogP contribution in [0.4, 0.5) is 0 Å². The molecule has 1 fully saturated rings. The van der Waals surface area contributed by atoms with Gasteiger partial charge in [-0.2, -0.15) is 4.31 Å². The summed E-state index contributed by atoms with van der Waals surface area (Å²) in [5, 5.41) is 9.47. The Balaban J connectivity index is 2.26. The van der Waals surface area contributed by atoms with E-state index in [1.165, 1.54) is 22.5 Å². The predicted octanol–water partition coefficient (Wildman–Crippen LogP) is 2.92. The molecule has 1 atom stereocenters. The Morgan fingerprint density at radius 2 is 2.05 bits per heavy atom. The van der Waals surface area contributed by atoms with Crippen molar-refractivity contribution in [2.24, 2.45) is 0 Å². The molecule has 0 radical (unpaired) electrons. The number of sulfonamides is 1. The summed E-state index contributed by atoms with van der Waals surface area (Å²) in [7, 11) is -3.55. The van der Waals surface area contributed by atoms with Crippen molar-refractivity contribution in [1.29, 1.82) is 0 Å². The Labute approximate surface area is 129 Å². The summed E-state index contributed by atoms with van der Waals surface area (Å²) in [5.41, 5.74) is 0. The minimum Gasteiger partial charge on any atom is -0.396 e. The second-order valence-electron chi connectivity index (χ2n) is 4.85. The fourth-order valence-electron chi connectivity index (χ4n) is 2.51. The maximum absolute atomic E-state index is 12.6. The zero-order valence-electron chi connectivity index (χ0n) is 10.9. The summed E-state index contributed by atoms with van der Waals surface area (Å²) in [6, 6.07) is 4.32. The SMILES string of the molecule is O=S(=O)(c1ccc(Cl)c(Cl)c1)N1CCCC1CCCO. The van der Waals surface area contributed by atoms with Crippen molar-refractivity contribution in [1.82, 2.24) is 4.31 Å². The molecular formula is C13H17Cl2NO3S. The zero-order valence-corrected chi connectivity index (χ0v) is 13.3. The molecular weight excluding hydrogens is 321 g/mol. The van der Waals surface area contributed by atoms with Crippen LogP contribution in [0.15, 0.2) is 23.1 Å². The smallest absolute Gasteiger partial charge is 0.243 e. The molecule has 1 unspecified atom stereocenters. The van der Waals surface area contributed by atoms with Gasteiger partial charge in [0.1, 0.15) is 0 Å². The van der Waals surface area contributed by atoms with Gasteiger partial charge in [0.25, 0.3) is 0 Å². The lowest BCUT2D eigenvalue weighted by molar-refractivity contribution is 0.264. The summed E-state index contributed by atoms with van der Waals surface area (Å²) in [6.45, 7) is 0.593. The first-order chi connectivity index (χ1) is 9.46. The summed E-state index contributed by atoms with van der Waals surface area (Å²) in [5.74, 6) is 0. The van der Waals surface area contributed by atoms with Crippen molar-refractivity contribution >= 4 is 33.2 Å². The number of benzene rings is 1. The predicted molar refractivity (Wildman–Crippen MR) is 79.7 cm³/mol. The molecule has 112 valence electrons. The van der Waals surface area contributed by atoms with Crippen LogP contribution in [-0.4, -0.2) is 37.0 Å². The molecule has 4 nitrogen and oxygen atoms in total. The van der Waals surface area contributed by atoms with Crippen LogP contribution in [0.5, 0.6) is 0 Å². The molecule has 7 heteroatoms. The first-order valence-electron chi connectivity index (χ1n) is 6.54. The van der Waals surface area contributed by atoms with E-state index in [0.29, 0.717) is 24.4 Å². The van der Waals surface area contributed by atoms with Crippen molar-refractivity contribution in [2.75, 3.05) is 13.2 Å². The average Bonchev–Trinajstić information content (AvgIpc) is 2.88. The van der Waals surface area contributed by atoms with Crippen molar-refractivity contribution in [3.05, 3.63) is 28.2 Å². The van der Waals surface area contributed by atoms with Gasteiger partial charge in [-0.25, -0.2) is 8.42 Å². The van der Waals surface area contributed by atoms with Gasteiger partial charge >= 0.3 is 0 Å². The standard InChI is InChI=1S/C13H17Cl2NO3S/c14-12-6-5-11(9-13(12)15)20(18,19)16-7-1-3-10(16)4-2-8-17/h5-6,9-10,17H,1-4,7-8H2. The van der Waals surface area contributed by atoms with E-state index in [9.17, 15) is 8.42 Å². The highest BCUT2D eigenvalue weighted by Gasteiger charge is 2.34. The molecule has 0 aliphatic carbocycles. The van der Waals surface area contributed by atoms with Crippen LogP contribution in [0.3, 0.4) is 0 Å². The fourth-order valence-corrected chi connectivity index (χ4v) is 4.63. The molecule has 0 spiro atoms. The number of aliphatic hydroxyl groups is 1. The van der Waals surface area contributed by atoms with E-state index < -0.39 is 10.0 Å². The highest BCUT2D eigenvalue weighted by Crippen LogP contribution is 2.31. The molecule has 1 aliphatic rings. The molecule has 1 aromatic carbocycles. The molecule has 1 aromatic rings. The lowest BCUT2D eigenvalue weighted by Gasteiger charge is -2.24. The first-order valence-corrected chi connectivity index (χ1v) is 8.74. The average molecular weight is 338 g/mol. The summed E-state index contributed by atoms with van der Waals surface area (Å²) >= 11 is 11.7. The zero-order chi connectivity index (χ0) is 14.8. The monoisotopic (exact) mass is 337 g/mol. The van der Waals surface area contributed by atoms with Gasteiger partial charge in [0.15, 0.2) is 0 Å². The van der Waals surface area contributed by atoms with E-state index in [0.717, 1.165) is 12.8 Å². The van der Waals surface area contributed by atoms with Gasteiger partial charge in [-0.15, -0.1) is 0 Å². The van der Waals surface area contributed by atoms with E-state index in [1.807, 2.05) is 0 Å². The summed E-state index contributed by atoms with van der Waals surface area (Å²) in [4.78, 5) is 0.169. The third kappa shape index (κ3) is 3.28. The second kappa shape index (κ2) is 6.62. The third-order valence-electron chi connectivity index (χ3n) is 3.52. The van der Waals surface area contributed by atoms with Crippen LogP contribution < -0.4 is 0 Å². The molecule has 0 aromatic heterocycles. The summed E-state index contributed by atoms with van der Waals surface area (Å²) < 4.78 is 26.8. The molecule has 0 saturated carbocycles. The number of nitrogens with zero attached hydrogens (tertiary/aromatic N) is 1. The largest absolute Gasteiger partial charge is 0.396 e. The number of aliphatic hydroxyl groups excluding tert-OH is 1. The lowest BCUT2D eigenvalue weighted by Crippen LogP contribution is -2.35. The van der Waals surface area contributed by atoms with Gasteiger partial charge in [-0.3, -0.25) is 0 Å². The van der Waals surface area contributed by atoms with Gasteiger partial charge in [0.05, 0.1) is 14.9 Å². The number of rotatable bonds is 5.